The number of nitrogens with zero attached hydrogens (tertiary/aromatic N) is 2. The van der Waals surface area contributed by atoms with Crippen LogP contribution in [0.2, 0.25) is 0 Å². The van der Waals surface area contributed by atoms with Crippen LogP contribution in [0, 0.1) is 5.92 Å². The molecule has 0 aliphatic carbocycles. The van der Waals surface area contributed by atoms with E-state index in [2.05, 4.69) is 0 Å². The van der Waals surface area contributed by atoms with Crippen molar-refractivity contribution >= 4 is 17.5 Å². The van der Waals surface area contributed by atoms with Gasteiger partial charge in [-0.2, -0.15) is 0 Å². The summed E-state index contributed by atoms with van der Waals surface area (Å²) in [5.41, 5.74) is 0.663. The molecule has 0 radical (unpaired) electrons. The van der Waals surface area contributed by atoms with E-state index in [9.17, 15) is 9.59 Å². The molecule has 2 fully saturated rings. The lowest BCUT2D eigenvalue weighted by Gasteiger charge is -2.29. The summed E-state index contributed by atoms with van der Waals surface area (Å²) in [6.07, 6.45) is 3.55. The number of ether oxygens (including phenoxy) is 2. The Balaban J connectivity index is 1.78. The molecule has 2 amide bonds. The maximum atomic E-state index is 12.7. The number of rotatable bonds is 4. The maximum absolute atomic E-state index is 12.7. The minimum atomic E-state index is -0.272. The Labute approximate surface area is 142 Å². The van der Waals surface area contributed by atoms with Gasteiger partial charge in [0.2, 0.25) is 11.8 Å². The van der Waals surface area contributed by atoms with Gasteiger partial charge in [0.1, 0.15) is 11.5 Å². The molecule has 24 heavy (non-hydrogen) atoms. The van der Waals surface area contributed by atoms with E-state index in [1.807, 2.05) is 4.90 Å². The van der Waals surface area contributed by atoms with Crippen LogP contribution in [0.1, 0.15) is 25.7 Å². The lowest BCUT2D eigenvalue weighted by Crippen LogP contribution is -2.40. The van der Waals surface area contributed by atoms with Crippen LogP contribution >= 0.6 is 0 Å². The zero-order chi connectivity index (χ0) is 17.1. The van der Waals surface area contributed by atoms with Gasteiger partial charge in [-0.15, -0.1) is 0 Å². The summed E-state index contributed by atoms with van der Waals surface area (Å²) < 4.78 is 10.6. The van der Waals surface area contributed by atoms with Crippen molar-refractivity contribution in [1.82, 2.24) is 4.90 Å². The quantitative estimate of drug-likeness (QED) is 0.847. The Morgan fingerprint density at radius 1 is 1.12 bits per heavy atom. The first-order valence-corrected chi connectivity index (χ1v) is 8.45. The van der Waals surface area contributed by atoms with Crippen LogP contribution in [0.3, 0.4) is 0 Å². The fourth-order valence-corrected chi connectivity index (χ4v) is 3.49. The number of hydrogen-bond donors (Lipinski definition) is 0. The molecule has 2 aliphatic heterocycles. The Bertz CT molecular complexity index is 625. The van der Waals surface area contributed by atoms with E-state index < -0.39 is 0 Å². The second-order valence-electron chi connectivity index (χ2n) is 6.33. The summed E-state index contributed by atoms with van der Waals surface area (Å²) in [5, 5.41) is 0. The van der Waals surface area contributed by atoms with E-state index in [-0.39, 0.29) is 24.2 Å². The lowest BCUT2D eigenvalue weighted by molar-refractivity contribution is -0.136. The third kappa shape index (κ3) is 3.18. The fourth-order valence-electron chi connectivity index (χ4n) is 3.49. The predicted molar refractivity (Wildman–Crippen MR) is 90.4 cm³/mol. The van der Waals surface area contributed by atoms with E-state index in [1.165, 1.54) is 6.42 Å². The molecule has 2 heterocycles. The van der Waals surface area contributed by atoms with Crippen LogP contribution < -0.4 is 14.4 Å². The van der Waals surface area contributed by atoms with Gasteiger partial charge in [-0.25, -0.2) is 0 Å². The molecule has 6 nitrogen and oxygen atoms in total. The molecule has 3 rings (SSSR count). The first-order chi connectivity index (χ1) is 11.6. The molecule has 1 aromatic carbocycles. The Hall–Kier alpha value is -2.24. The molecule has 1 aromatic rings. The van der Waals surface area contributed by atoms with Crippen molar-refractivity contribution in [3.05, 3.63) is 18.2 Å². The summed E-state index contributed by atoms with van der Waals surface area (Å²) in [7, 11) is 3.16. The zero-order valence-corrected chi connectivity index (χ0v) is 14.3. The van der Waals surface area contributed by atoms with E-state index in [4.69, 9.17) is 9.47 Å². The van der Waals surface area contributed by atoms with Gasteiger partial charge in [0.15, 0.2) is 0 Å². The summed E-state index contributed by atoms with van der Waals surface area (Å²) in [5.74, 6) is 1.05. The molecule has 1 atom stereocenters. The van der Waals surface area contributed by atoms with Gasteiger partial charge in [0.05, 0.1) is 25.8 Å². The lowest BCUT2D eigenvalue weighted by atomic mass is 10.0. The van der Waals surface area contributed by atoms with Gasteiger partial charge in [-0.1, -0.05) is 0 Å². The largest absolute Gasteiger partial charge is 0.497 e. The third-order valence-corrected chi connectivity index (χ3v) is 4.82. The highest BCUT2D eigenvalue weighted by Crippen LogP contribution is 2.36. The first-order valence-electron chi connectivity index (χ1n) is 8.45. The van der Waals surface area contributed by atoms with Crippen LogP contribution in [-0.2, 0) is 9.59 Å². The number of piperidine rings is 1. The molecule has 1 unspecified atom stereocenters. The average Bonchev–Trinajstić information content (AvgIpc) is 3.02. The van der Waals surface area contributed by atoms with Crippen LogP contribution in [0.5, 0.6) is 11.5 Å². The van der Waals surface area contributed by atoms with Crippen LogP contribution in [0.25, 0.3) is 0 Å². The molecule has 0 aromatic heterocycles. The monoisotopic (exact) mass is 332 g/mol. The molecular formula is C18H24N2O4. The highest BCUT2D eigenvalue weighted by molar-refractivity contribution is 6.01. The third-order valence-electron chi connectivity index (χ3n) is 4.82. The van der Waals surface area contributed by atoms with E-state index in [0.29, 0.717) is 23.7 Å². The van der Waals surface area contributed by atoms with E-state index in [0.717, 1.165) is 25.9 Å². The van der Waals surface area contributed by atoms with Crippen molar-refractivity contribution in [1.29, 1.82) is 0 Å². The van der Waals surface area contributed by atoms with Gasteiger partial charge in [0.25, 0.3) is 0 Å². The van der Waals surface area contributed by atoms with Crippen molar-refractivity contribution in [2.45, 2.75) is 25.7 Å². The topological polar surface area (TPSA) is 59.1 Å². The number of methoxy groups -OCH3 is 2. The first kappa shape index (κ1) is 16.6. The standard InChI is InChI=1S/C18H24N2O4/c1-23-14-6-7-16(24-2)15(11-14)20-12-13(10-17(20)21)18(22)19-8-4-3-5-9-19/h6-7,11,13H,3-5,8-10,12H2,1-2H3. The van der Waals surface area contributed by atoms with Gasteiger partial charge in [-0.3, -0.25) is 9.59 Å². The summed E-state index contributed by atoms with van der Waals surface area (Å²) in [6, 6.07) is 5.35. The van der Waals surface area contributed by atoms with Gasteiger partial charge >= 0.3 is 0 Å². The van der Waals surface area contributed by atoms with E-state index >= 15 is 0 Å². The van der Waals surface area contributed by atoms with Crippen molar-refractivity contribution < 1.29 is 19.1 Å². The molecule has 2 aliphatic rings. The normalized spacial score (nSPS) is 21.1. The molecular weight excluding hydrogens is 308 g/mol. The van der Waals surface area contributed by atoms with Gasteiger partial charge in [-0.05, 0) is 31.4 Å². The number of benzene rings is 1. The highest BCUT2D eigenvalue weighted by atomic mass is 16.5. The second kappa shape index (κ2) is 7.11. The smallest absolute Gasteiger partial charge is 0.228 e. The van der Waals surface area contributed by atoms with Crippen molar-refractivity contribution in [2.24, 2.45) is 5.92 Å². The van der Waals surface area contributed by atoms with Gasteiger partial charge < -0.3 is 19.3 Å². The Morgan fingerprint density at radius 3 is 2.54 bits per heavy atom. The molecule has 2 saturated heterocycles. The second-order valence-corrected chi connectivity index (χ2v) is 6.33. The van der Waals surface area contributed by atoms with Crippen LogP contribution in [0.15, 0.2) is 18.2 Å². The SMILES string of the molecule is COc1ccc(OC)c(N2CC(C(=O)N3CCCCC3)CC2=O)c1. The number of hydrogen-bond acceptors (Lipinski definition) is 4. The van der Waals surface area contributed by atoms with Crippen molar-refractivity contribution in [3.8, 4) is 11.5 Å². The minimum absolute atomic E-state index is 0.0445. The molecule has 0 bridgehead atoms. The summed E-state index contributed by atoms with van der Waals surface area (Å²) >= 11 is 0. The average molecular weight is 332 g/mol. The molecule has 130 valence electrons. The van der Waals surface area contributed by atoms with Gasteiger partial charge in [0, 0.05) is 32.1 Å². The minimum Gasteiger partial charge on any atom is -0.497 e. The Kier molecular flexibility index (Phi) is 4.92. The molecule has 0 N–H and O–H groups in total. The summed E-state index contributed by atoms with van der Waals surface area (Å²) in [4.78, 5) is 28.7. The predicted octanol–water partition coefficient (Wildman–Crippen LogP) is 2.07. The number of carbonyl (C=O) groups is 2. The fraction of sp³-hybridized carbons (Fsp3) is 0.556. The number of amides is 2. The highest BCUT2D eigenvalue weighted by Gasteiger charge is 2.38. The number of anilines is 1. The molecule has 6 heteroatoms. The number of carbonyl (C=O) groups excluding carboxylic acids is 2. The Morgan fingerprint density at radius 2 is 1.88 bits per heavy atom. The molecule has 0 saturated carbocycles. The van der Waals surface area contributed by atoms with Crippen molar-refractivity contribution in [3.63, 3.8) is 0 Å². The maximum Gasteiger partial charge on any atom is 0.228 e. The van der Waals surface area contributed by atoms with Crippen LogP contribution in [-0.4, -0.2) is 50.6 Å². The number of likely N-dealkylation sites (tertiary alicyclic amines) is 1. The molecule has 0 spiro atoms. The summed E-state index contributed by atoms with van der Waals surface area (Å²) in [6.45, 7) is 2.02. The zero-order valence-electron chi connectivity index (χ0n) is 14.3. The van der Waals surface area contributed by atoms with Crippen molar-refractivity contribution in [2.75, 3.05) is 38.8 Å². The van der Waals surface area contributed by atoms with E-state index in [1.54, 1.807) is 37.3 Å². The van der Waals surface area contributed by atoms with Crippen LogP contribution in [0.4, 0.5) is 5.69 Å².